The third kappa shape index (κ3) is 17.2. The van der Waals surface area contributed by atoms with Crippen LogP contribution in [-0.4, -0.2) is 74.4 Å². The Hall–Kier alpha value is -8.60. The van der Waals surface area contributed by atoms with Crippen LogP contribution in [0.2, 0.25) is 0 Å². The minimum Gasteiger partial charge on any atom is -0.508 e. The summed E-state index contributed by atoms with van der Waals surface area (Å²) >= 11 is 9.47. The summed E-state index contributed by atoms with van der Waals surface area (Å²) in [6.45, 7) is 10.2. The fourth-order valence-corrected chi connectivity index (χ4v) is 8.67. The fraction of sp³-hybridized carbons (Fsp3) is 0.169. The number of nitrogens with one attached hydrogen (secondary N) is 2. The van der Waals surface area contributed by atoms with Gasteiger partial charge < -0.3 is 52.5 Å². The summed E-state index contributed by atoms with van der Waals surface area (Å²) in [6.07, 6.45) is 6.06. The van der Waals surface area contributed by atoms with E-state index in [1.54, 1.807) is 92.1 Å². The number of anilines is 4. The molecule has 83 heavy (non-hydrogen) atoms. The molecule has 0 spiro atoms. The van der Waals surface area contributed by atoms with Crippen molar-refractivity contribution in [3.8, 4) is 57.1 Å². The van der Waals surface area contributed by atoms with Crippen molar-refractivity contribution in [2.45, 2.75) is 65.8 Å². The van der Waals surface area contributed by atoms with Crippen LogP contribution in [0.15, 0.2) is 166 Å². The smallest absolute Gasteiger partial charge is 0.494 e. The predicted octanol–water partition coefficient (Wildman–Crippen LogP) is 11.7. The van der Waals surface area contributed by atoms with Gasteiger partial charge in [0.2, 0.25) is 0 Å². The minimum atomic E-state index is -0.418. The van der Waals surface area contributed by atoms with Crippen molar-refractivity contribution in [3.63, 3.8) is 0 Å². The molecule has 5 heterocycles. The number of amides is 1. The van der Waals surface area contributed by atoms with E-state index < -0.39 is 19.1 Å². The number of halogens is 4. The minimum absolute atomic E-state index is 0. The summed E-state index contributed by atoms with van der Waals surface area (Å²) in [4.78, 5) is 42.3. The highest BCUT2D eigenvalue weighted by atomic mass is 79.9. The van der Waals surface area contributed by atoms with Crippen LogP contribution >= 0.6 is 47.8 Å². The first-order valence-electron chi connectivity index (χ1n) is 24.9. The summed E-state index contributed by atoms with van der Waals surface area (Å²) in [5, 5.41) is 44.0. The van der Waals surface area contributed by atoms with E-state index in [1.165, 1.54) is 30.6 Å². The number of benzene rings is 5. The lowest BCUT2D eigenvalue weighted by Crippen LogP contribution is -2.41. The number of carbonyl (C=O) groups is 1. The van der Waals surface area contributed by atoms with Crippen LogP contribution in [0.3, 0.4) is 0 Å². The molecule has 10 rings (SSSR count). The van der Waals surface area contributed by atoms with Crippen LogP contribution in [0.1, 0.15) is 75.1 Å². The molecular weight excluding hydrogens is 1260 g/mol. The number of phenols is 3. The van der Waals surface area contributed by atoms with Gasteiger partial charge in [0.05, 0.1) is 52.7 Å². The molecule has 4 aromatic heterocycles. The Bertz CT molecular complexity index is 3740. The third-order valence-electron chi connectivity index (χ3n) is 12.6. The highest BCUT2D eigenvalue weighted by Gasteiger charge is 2.51. The average molecular weight is 1310 g/mol. The van der Waals surface area contributed by atoms with Crippen molar-refractivity contribution in [2.75, 3.05) is 22.5 Å². The maximum atomic E-state index is 13.3. The molecule has 24 heteroatoms. The van der Waals surface area contributed by atoms with Crippen molar-refractivity contribution in [1.82, 2.24) is 40.2 Å². The van der Waals surface area contributed by atoms with E-state index in [2.05, 4.69) is 93.3 Å². The van der Waals surface area contributed by atoms with Gasteiger partial charge in [-0.25, -0.2) is 39.3 Å². The highest BCUT2D eigenvalue weighted by Crippen LogP contribution is 2.37. The second kappa shape index (κ2) is 28.4. The molecule has 1 amide bonds. The molecule has 1 aliphatic heterocycles. The number of nitrogen functional groups attached to an aromatic ring is 3. The van der Waals surface area contributed by atoms with E-state index in [0.29, 0.717) is 60.5 Å². The lowest BCUT2D eigenvalue weighted by atomic mass is 9.79. The summed E-state index contributed by atoms with van der Waals surface area (Å²) in [7, 11) is -0.405. The zero-order valence-corrected chi connectivity index (χ0v) is 49.4. The maximum Gasteiger partial charge on any atom is 0.494 e. The van der Waals surface area contributed by atoms with Crippen molar-refractivity contribution in [3.05, 3.63) is 194 Å². The molecule has 1 fully saturated rings. The van der Waals surface area contributed by atoms with Gasteiger partial charge in [0.25, 0.3) is 5.91 Å². The average Bonchev–Trinajstić information content (AvgIpc) is 3.95. The monoisotopic (exact) mass is 1310 g/mol. The molecule has 0 radical (unpaired) electrons. The molecule has 1 atom stereocenters. The molecule has 9 aromatic rings. The number of hydrogen-bond acceptors (Lipinski definition) is 18. The summed E-state index contributed by atoms with van der Waals surface area (Å²) in [5.41, 5.74) is 23.2. The van der Waals surface area contributed by atoms with Gasteiger partial charge in [0, 0.05) is 29.4 Å². The van der Waals surface area contributed by atoms with Gasteiger partial charge in [-0.3, -0.25) is 4.79 Å². The van der Waals surface area contributed by atoms with E-state index in [0.717, 1.165) is 27.7 Å². The standard InChI is InChI=1S/C32H26FN7O2.C12H17BO3.C10H8BrN3O.C4H3Br2N3.CH4/c1-19(22-9-11-25(33)12-10-22)39-32(42)27-13-21(15-34)17-38-31(27)37-16-20-5-7-23(8-6-20)28-18-36-30(35)29(40-28)24-3-2-4-26(41)14-24;1-11(2)12(3,4)16-13(15-11)9-6-5-7-10(14)8-9;11-8-5-13-10(12)9(14-8)6-2-1-3-7(15)4-6;5-2-1-8-4(7)3(6)9-2;/h2-14,17-19,41H,16H2,1H3,(H2,35,36)(H,37,38)(H,39,42);5-8,14H,1-4H3;1-5,15H,(H2,12,13);1H,(H2,7,8);1H4/t19-;;;;/m0..../s1. The molecule has 0 bridgehead atoms. The summed E-state index contributed by atoms with van der Waals surface area (Å²) < 4.78 is 26.9. The van der Waals surface area contributed by atoms with Crippen molar-refractivity contribution < 1.29 is 33.8 Å². The van der Waals surface area contributed by atoms with Gasteiger partial charge in [0.1, 0.15) is 71.8 Å². The number of aromatic nitrogens is 7. The zero-order chi connectivity index (χ0) is 59.3. The molecule has 0 unspecified atom stereocenters. The van der Waals surface area contributed by atoms with Gasteiger partial charge in [-0.05, 0) is 154 Å². The molecule has 5 aromatic carbocycles. The number of nitrogens with two attached hydrogens (primary N) is 3. The molecule has 19 nitrogen and oxygen atoms in total. The number of nitrogens with zero attached hydrogens (tertiary/aromatic N) is 8. The Morgan fingerprint density at radius 1 is 0.675 bits per heavy atom. The van der Waals surface area contributed by atoms with E-state index in [-0.39, 0.29) is 58.6 Å². The SMILES string of the molecule is C.CC1(C)OB(c2cccc(O)c2)OC1(C)C.C[C@H](NC(=O)c1cc(C#N)cnc1NCc1ccc(-c2cnc(N)c(-c3cccc(O)c3)n2)cc1)c1ccc(F)cc1.Nc1ncc(Br)nc1-c1cccc(O)c1.Nc1ncc(Br)nc1Br. The van der Waals surface area contributed by atoms with Crippen LogP contribution in [-0.2, 0) is 15.9 Å². The highest BCUT2D eigenvalue weighted by molar-refractivity contribution is 9.11. The molecule has 0 saturated carbocycles. The lowest BCUT2D eigenvalue weighted by Gasteiger charge is -2.32. The second-order valence-corrected chi connectivity index (χ2v) is 21.5. The first-order valence-corrected chi connectivity index (χ1v) is 27.2. The normalized spacial score (nSPS) is 12.9. The van der Waals surface area contributed by atoms with Crippen molar-refractivity contribution >= 4 is 89.5 Å². The van der Waals surface area contributed by atoms with Gasteiger partial charge in [-0.1, -0.05) is 80.2 Å². The zero-order valence-electron chi connectivity index (χ0n) is 44.7. The lowest BCUT2D eigenvalue weighted by molar-refractivity contribution is 0.00578. The van der Waals surface area contributed by atoms with Crippen LogP contribution < -0.4 is 33.3 Å². The second-order valence-electron chi connectivity index (χ2n) is 19.1. The molecular formula is C59H58BBr3FN13O6. The first kappa shape index (κ1) is 63.6. The molecule has 11 N–H and O–H groups in total. The molecule has 1 aliphatic rings. The quantitative estimate of drug-likeness (QED) is 0.0590. The number of pyridine rings is 1. The van der Waals surface area contributed by atoms with E-state index >= 15 is 0 Å². The Morgan fingerprint density at radius 3 is 1.75 bits per heavy atom. The van der Waals surface area contributed by atoms with Gasteiger partial charge in [-0.15, -0.1) is 0 Å². The molecule has 0 aliphatic carbocycles. The van der Waals surface area contributed by atoms with Crippen LogP contribution in [0.4, 0.5) is 27.7 Å². The Kier molecular flexibility index (Phi) is 21.8. The number of hydrogen-bond donors (Lipinski definition) is 8. The van der Waals surface area contributed by atoms with Crippen LogP contribution in [0.25, 0.3) is 33.8 Å². The summed E-state index contributed by atoms with van der Waals surface area (Å²) in [6, 6.07) is 37.0. The Morgan fingerprint density at radius 2 is 1.20 bits per heavy atom. The Balaban J connectivity index is 0.000000218. The molecule has 426 valence electrons. The Labute approximate surface area is 505 Å². The van der Waals surface area contributed by atoms with Gasteiger partial charge in [-0.2, -0.15) is 5.26 Å². The van der Waals surface area contributed by atoms with Crippen molar-refractivity contribution in [2.24, 2.45) is 0 Å². The topological polar surface area (TPSA) is 312 Å². The number of carbonyl (C=O) groups excluding carboxylic acids is 1. The third-order valence-corrected chi connectivity index (χ3v) is 14.0. The summed E-state index contributed by atoms with van der Waals surface area (Å²) in [5.74, 6) is 1.05. The van der Waals surface area contributed by atoms with Crippen LogP contribution in [0, 0.1) is 17.1 Å². The number of phenolic OH excluding ortho intramolecular Hbond substituents is 3. The van der Waals surface area contributed by atoms with Crippen LogP contribution in [0.5, 0.6) is 17.2 Å². The predicted molar refractivity (Wildman–Crippen MR) is 331 cm³/mol. The molecule has 1 saturated heterocycles. The van der Waals surface area contributed by atoms with Gasteiger partial charge in [0.15, 0.2) is 5.82 Å². The first-order chi connectivity index (χ1) is 39.0. The van der Waals surface area contributed by atoms with E-state index in [1.807, 2.05) is 70.2 Å². The van der Waals surface area contributed by atoms with E-state index in [9.17, 15) is 29.8 Å². The van der Waals surface area contributed by atoms with Crippen molar-refractivity contribution in [1.29, 1.82) is 5.26 Å². The van der Waals surface area contributed by atoms with E-state index in [4.69, 9.17) is 26.5 Å². The number of aromatic hydroxyl groups is 3. The van der Waals surface area contributed by atoms with Gasteiger partial charge >= 0.3 is 7.12 Å². The maximum absolute atomic E-state index is 13.3. The largest absolute Gasteiger partial charge is 0.508 e. The number of nitriles is 1. The fourth-order valence-electron chi connectivity index (χ4n) is 7.58. The number of rotatable bonds is 10.